The molecule has 5 nitrogen and oxygen atoms in total. The molecular weight excluding hydrogens is 330 g/mol. The molecule has 0 aliphatic heterocycles. The van der Waals surface area contributed by atoms with E-state index in [0.29, 0.717) is 0 Å². The molecule has 0 aliphatic carbocycles. The summed E-state index contributed by atoms with van der Waals surface area (Å²) in [6, 6.07) is 1.98. The number of guanidine groups is 1. The van der Waals surface area contributed by atoms with E-state index in [1.807, 2.05) is 30.9 Å². The maximum absolute atomic E-state index is 6.04. The third-order valence-electron chi connectivity index (χ3n) is 3.61. The molecule has 1 N–H and O–H groups in total. The Hall–Kier alpha value is -1.53. The fourth-order valence-corrected chi connectivity index (χ4v) is 3.41. The molecule has 2 aromatic heterocycles. The highest BCUT2D eigenvalue weighted by molar-refractivity contribution is 7.09. The SMILES string of the molecule is CCc1nc(CCNC(=NC)N(C)Cc2cc(Cl)cn2C)cs1. The highest BCUT2D eigenvalue weighted by Crippen LogP contribution is 2.14. The Bertz CT molecular complexity index is 661. The van der Waals surface area contributed by atoms with Gasteiger partial charge in [0.1, 0.15) is 0 Å². The molecule has 126 valence electrons. The van der Waals surface area contributed by atoms with Gasteiger partial charge in [0.15, 0.2) is 5.96 Å². The van der Waals surface area contributed by atoms with Gasteiger partial charge in [0.2, 0.25) is 0 Å². The number of nitrogens with zero attached hydrogens (tertiary/aromatic N) is 4. The van der Waals surface area contributed by atoms with Crippen LogP contribution in [0.5, 0.6) is 0 Å². The lowest BCUT2D eigenvalue weighted by Gasteiger charge is -2.22. The molecule has 2 aromatic rings. The van der Waals surface area contributed by atoms with E-state index < -0.39 is 0 Å². The van der Waals surface area contributed by atoms with Gasteiger partial charge >= 0.3 is 0 Å². The second kappa shape index (κ2) is 8.36. The van der Waals surface area contributed by atoms with Gasteiger partial charge in [-0.1, -0.05) is 18.5 Å². The lowest BCUT2D eigenvalue weighted by molar-refractivity contribution is 0.462. The van der Waals surface area contributed by atoms with Gasteiger partial charge in [-0.2, -0.15) is 0 Å². The van der Waals surface area contributed by atoms with Crippen molar-refractivity contribution in [2.75, 3.05) is 20.6 Å². The molecule has 0 fully saturated rings. The van der Waals surface area contributed by atoms with Crippen LogP contribution in [0.3, 0.4) is 0 Å². The first-order chi connectivity index (χ1) is 11.0. The lowest BCUT2D eigenvalue weighted by Crippen LogP contribution is -2.39. The molecular formula is C16H24ClN5S. The van der Waals surface area contributed by atoms with E-state index in [-0.39, 0.29) is 0 Å². The van der Waals surface area contributed by atoms with Gasteiger partial charge < -0.3 is 14.8 Å². The van der Waals surface area contributed by atoms with E-state index in [0.717, 1.165) is 48.3 Å². The predicted octanol–water partition coefficient (Wildman–Crippen LogP) is 2.95. The zero-order chi connectivity index (χ0) is 16.8. The number of thiazole rings is 1. The van der Waals surface area contributed by atoms with E-state index in [9.17, 15) is 0 Å². The third-order valence-corrected chi connectivity index (χ3v) is 4.86. The molecule has 0 amide bonds. The number of aromatic nitrogens is 2. The number of aliphatic imine (C=N–C) groups is 1. The Morgan fingerprint density at radius 3 is 2.87 bits per heavy atom. The van der Waals surface area contributed by atoms with E-state index in [1.165, 1.54) is 5.01 Å². The number of hydrogen-bond donors (Lipinski definition) is 1. The van der Waals surface area contributed by atoms with Crippen molar-refractivity contribution >= 4 is 28.9 Å². The normalized spacial score (nSPS) is 11.8. The van der Waals surface area contributed by atoms with Crippen LogP contribution in [0, 0.1) is 0 Å². The summed E-state index contributed by atoms with van der Waals surface area (Å²) in [6.07, 6.45) is 3.82. The summed E-state index contributed by atoms with van der Waals surface area (Å²) in [5.74, 6) is 0.869. The van der Waals surface area contributed by atoms with E-state index in [1.54, 1.807) is 18.4 Å². The first-order valence-corrected chi connectivity index (χ1v) is 8.95. The Labute approximate surface area is 147 Å². The second-order valence-corrected chi connectivity index (χ2v) is 6.81. The van der Waals surface area contributed by atoms with Crippen LogP contribution >= 0.6 is 22.9 Å². The fourth-order valence-electron chi connectivity index (χ4n) is 2.35. The van der Waals surface area contributed by atoms with Crippen molar-refractivity contribution in [3.63, 3.8) is 0 Å². The summed E-state index contributed by atoms with van der Waals surface area (Å²) < 4.78 is 2.04. The molecule has 0 unspecified atom stereocenters. The number of aryl methyl sites for hydroxylation is 2. The summed E-state index contributed by atoms with van der Waals surface area (Å²) >= 11 is 7.77. The molecule has 2 rings (SSSR count). The molecule has 0 aromatic carbocycles. The zero-order valence-electron chi connectivity index (χ0n) is 14.1. The number of halogens is 1. The van der Waals surface area contributed by atoms with Crippen LogP contribution in [0.4, 0.5) is 0 Å². The molecule has 0 aliphatic rings. The van der Waals surface area contributed by atoms with Crippen molar-refractivity contribution in [2.24, 2.45) is 12.0 Å². The molecule has 2 heterocycles. The van der Waals surface area contributed by atoms with E-state index >= 15 is 0 Å². The van der Waals surface area contributed by atoms with Crippen molar-refractivity contribution in [1.82, 2.24) is 19.8 Å². The van der Waals surface area contributed by atoms with Gasteiger partial charge in [-0.15, -0.1) is 11.3 Å². The van der Waals surface area contributed by atoms with Crippen LogP contribution in [-0.2, 0) is 26.4 Å². The molecule has 0 atom stereocenters. The Morgan fingerprint density at radius 1 is 1.52 bits per heavy atom. The second-order valence-electron chi connectivity index (χ2n) is 5.43. The highest BCUT2D eigenvalue weighted by Gasteiger charge is 2.10. The minimum absolute atomic E-state index is 0.750. The third kappa shape index (κ3) is 4.97. The lowest BCUT2D eigenvalue weighted by atomic mass is 10.3. The van der Waals surface area contributed by atoms with Gasteiger partial charge in [-0.05, 0) is 12.5 Å². The average Bonchev–Trinajstić information content (AvgIpc) is 3.10. The maximum Gasteiger partial charge on any atom is 0.193 e. The van der Waals surface area contributed by atoms with Crippen LogP contribution in [-0.4, -0.2) is 41.1 Å². The molecule has 0 saturated carbocycles. The Kier molecular flexibility index (Phi) is 6.47. The highest BCUT2D eigenvalue weighted by atomic mass is 35.5. The van der Waals surface area contributed by atoms with Crippen LogP contribution in [0.25, 0.3) is 0 Å². The smallest absolute Gasteiger partial charge is 0.193 e. The number of hydrogen-bond acceptors (Lipinski definition) is 3. The maximum atomic E-state index is 6.04. The van der Waals surface area contributed by atoms with Gasteiger partial charge in [0, 0.05) is 51.4 Å². The average molecular weight is 354 g/mol. The van der Waals surface area contributed by atoms with E-state index in [4.69, 9.17) is 11.6 Å². The van der Waals surface area contributed by atoms with Crippen LogP contribution in [0.2, 0.25) is 5.02 Å². The van der Waals surface area contributed by atoms with Gasteiger partial charge in [0.05, 0.1) is 22.3 Å². The molecule has 0 radical (unpaired) electrons. The van der Waals surface area contributed by atoms with Crippen molar-refractivity contribution in [2.45, 2.75) is 26.3 Å². The summed E-state index contributed by atoms with van der Waals surface area (Å²) in [6.45, 7) is 3.70. The first-order valence-electron chi connectivity index (χ1n) is 7.69. The van der Waals surface area contributed by atoms with Gasteiger partial charge in [-0.3, -0.25) is 4.99 Å². The summed E-state index contributed by atoms with van der Waals surface area (Å²) in [4.78, 5) is 11.0. The van der Waals surface area contributed by atoms with Crippen LogP contribution in [0.15, 0.2) is 22.6 Å². The molecule has 7 heteroatoms. The Morgan fingerprint density at radius 2 is 2.30 bits per heavy atom. The van der Waals surface area contributed by atoms with Crippen LogP contribution in [0.1, 0.15) is 23.3 Å². The Balaban J connectivity index is 1.85. The number of rotatable bonds is 6. The summed E-state index contributed by atoms with van der Waals surface area (Å²) in [5.41, 5.74) is 2.29. The summed E-state index contributed by atoms with van der Waals surface area (Å²) in [5, 5.41) is 7.48. The monoisotopic (exact) mass is 353 g/mol. The molecule has 0 spiro atoms. The fraction of sp³-hybridized carbons (Fsp3) is 0.500. The predicted molar refractivity (Wildman–Crippen MR) is 98.4 cm³/mol. The van der Waals surface area contributed by atoms with Gasteiger partial charge in [0.25, 0.3) is 0 Å². The van der Waals surface area contributed by atoms with Crippen molar-refractivity contribution in [3.05, 3.63) is 39.1 Å². The molecule has 0 saturated heterocycles. The van der Waals surface area contributed by atoms with Gasteiger partial charge in [-0.25, -0.2) is 4.98 Å². The zero-order valence-corrected chi connectivity index (χ0v) is 15.7. The standard InChI is InChI=1S/C16H24ClN5S/c1-5-15-20-13(11-23-15)6-7-19-16(18-2)22(4)10-14-8-12(17)9-21(14)3/h8-9,11H,5-7,10H2,1-4H3,(H,18,19). The molecule has 23 heavy (non-hydrogen) atoms. The minimum atomic E-state index is 0.750. The van der Waals surface area contributed by atoms with Crippen molar-refractivity contribution in [3.8, 4) is 0 Å². The van der Waals surface area contributed by atoms with E-state index in [2.05, 4.69) is 32.5 Å². The quantitative estimate of drug-likeness (QED) is 0.641. The topological polar surface area (TPSA) is 45.5 Å². The minimum Gasteiger partial charge on any atom is -0.356 e. The van der Waals surface area contributed by atoms with Crippen molar-refractivity contribution in [1.29, 1.82) is 0 Å². The number of nitrogens with one attached hydrogen (secondary N) is 1. The molecule has 0 bridgehead atoms. The largest absolute Gasteiger partial charge is 0.356 e. The first kappa shape index (κ1) is 17.8. The van der Waals surface area contributed by atoms with Crippen LogP contribution < -0.4 is 5.32 Å². The summed E-state index contributed by atoms with van der Waals surface area (Å²) in [7, 11) is 5.82. The van der Waals surface area contributed by atoms with Crippen molar-refractivity contribution < 1.29 is 0 Å².